The molecule has 0 bridgehead atoms. The zero-order chi connectivity index (χ0) is 31.6. The van der Waals surface area contributed by atoms with Gasteiger partial charge < -0.3 is 34.7 Å². The summed E-state index contributed by atoms with van der Waals surface area (Å²) in [5.74, 6) is -2.92. The van der Waals surface area contributed by atoms with E-state index in [1.165, 1.54) is 0 Å². The fourth-order valence-electron chi connectivity index (χ4n) is 7.44. The summed E-state index contributed by atoms with van der Waals surface area (Å²) in [5.41, 5.74) is -0.659. The zero-order valence-electron chi connectivity index (χ0n) is 27.8. The van der Waals surface area contributed by atoms with Gasteiger partial charge in [0.2, 0.25) is 0 Å². The summed E-state index contributed by atoms with van der Waals surface area (Å²) in [5, 5.41) is 44.1. The summed E-state index contributed by atoms with van der Waals surface area (Å²) in [6.45, 7) is 15.4. The molecule has 8 nitrogen and oxygen atoms in total. The van der Waals surface area contributed by atoms with Crippen LogP contribution < -0.4 is 34.7 Å². The van der Waals surface area contributed by atoms with Gasteiger partial charge in [-0.15, -0.1) is 0 Å². The van der Waals surface area contributed by atoms with Gasteiger partial charge in [0.25, 0.3) is 0 Å². The van der Waals surface area contributed by atoms with Crippen molar-refractivity contribution in [2.45, 2.75) is 142 Å². The maximum absolute atomic E-state index is 13.9. The Labute approximate surface area is 280 Å². The molecule has 0 unspecified atom stereocenters. The second kappa shape index (κ2) is 15.5. The minimum atomic E-state index is -1.43. The van der Waals surface area contributed by atoms with Crippen LogP contribution in [-0.4, -0.2) is 62.7 Å². The van der Waals surface area contributed by atoms with Crippen molar-refractivity contribution >= 4 is 11.8 Å². The first-order valence-corrected chi connectivity index (χ1v) is 16.0. The van der Waals surface area contributed by atoms with Crippen LogP contribution in [0.2, 0.25) is 0 Å². The van der Waals surface area contributed by atoms with Crippen LogP contribution in [0.25, 0.3) is 0 Å². The Hall–Kier alpha value is -1.00. The van der Waals surface area contributed by atoms with Crippen LogP contribution in [0.3, 0.4) is 0 Å². The van der Waals surface area contributed by atoms with Crippen molar-refractivity contribution in [2.75, 3.05) is 0 Å². The summed E-state index contributed by atoms with van der Waals surface area (Å²) in [6, 6.07) is 3.33. The van der Waals surface area contributed by atoms with E-state index >= 15 is 0 Å². The van der Waals surface area contributed by atoms with Crippen LogP contribution in [0.4, 0.5) is 0 Å². The average Bonchev–Trinajstić information content (AvgIpc) is 3.31. The molecule has 2 aliphatic heterocycles. The number of aliphatic hydroxyl groups excluding tert-OH is 1. The molecule has 2 heterocycles. The number of aromatic carboxylic acids is 1. The van der Waals surface area contributed by atoms with Gasteiger partial charge in [-0.05, 0) is 88.2 Å². The van der Waals surface area contributed by atoms with E-state index in [0.29, 0.717) is 49.7 Å². The molecule has 9 heteroatoms. The Morgan fingerprint density at radius 3 is 2.33 bits per heavy atom. The number of carbonyl (C=O) groups is 2. The van der Waals surface area contributed by atoms with Crippen LogP contribution in [0.1, 0.15) is 115 Å². The van der Waals surface area contributed by atoms with E-state index in [4.69, 9.17) is 9.47 Å². The number of hydrogen-bond donors (Lipinski definition) is 3. The normalized spacial score (nSPS) is 32.0. The number of aryl methyl sites for hydroxylation is 2. The molecule has 43 heavy (non-hydrogen) atoms. The number of aliphatic hydroxyl groups is 2. The maximum Gasteiger partial charge on any atom is 1.00 e. The molecule has 3 rings (SSSR count). The van der Waals surface area contributed by atoms with Gasteiger partial charge >= 0.3 is 29.6 Å². The summed E-state index contributed by atoms with van der Waals surface area (Å²) < 4.78 is 13.2. The van der Waals surface area contributed by atoms with Crippen LogP contribution >= 0.6 is 0 Å². The zero-order valence-corrected chi connectivity index (χ0v) is 29.8. The third-order valence-corrected chi connectivity index (χ3v) is 10.6. The molecular weight excluding hydrogens is 559 g/mol. The van der Waals surface area contributed by atoms with Gasteiger partial charge in [-0.3, -0.25) is 4.79 Å². The van der Waals surface area contributed by atoms with Gasteiger partial charge in [0.1, 0.15) is 11.5 Å². The maximum atomic E-state index is 13.9. The summed E-state index contributed by atoms with van der Waals surface area (Å²) >= 11 is 0. The molecule has 3 N–H and O–H groups in total. The van der Waals surface area contributed by atoms with Crippen LogP contribution in [0.15, 0.2) is 12.1 Å². The Morgan fingerprint density at radius 2 is 1.79 bits per heavy atom. The van der Waals surface area contributed by atoms with Crippen molar-refractivity contribution in [1.29, 1.82) is 0 Å². The standard InChI is InChI=1S/C34H54O8.Na/c1-9-25(31-21(6)18-34(11-3,42-31)26-16-17-33(40,10-2)23(8)41-26)30(37)22(7)28(35)19(4)12-14-24-15-13-20(5)29(36)27(24)32(38)39;/h13,15,19,21-23,25-26,28,31,35-36,40H,9-12,14,16-18H2,1-8H3,(H,38,39);/q;+1/p-1/t19-,21-,22-,23+,25-,26+,28-,31+,33+,34+;/m1./s1. The Kier molecular flexibility index (Phi) is 13.8. The van der Waals surface area contributed by atoms with Crippen LogP contribution in [-0.2, 0) is 20.7 Å². The van der Waals surface area contributed by atoms with E-state index in [-0.39, 0.29) is 82.7 Å². The number of ketones is 1. The van der Waals surface area contributed by atoms with E-state index in [1.54, 1.807) is 26.0 Å². The molecule has 0 saturated carbocycles. The number of ether oxygens (including phenoxy) is 2. The number of hydrogen-bond acceptors (Lipinski definition) is 8. The van der Waals surface area contributed by atoms with Crippen molar-refractivity contribution in [3.05, 3.63) is 28.8 Å². The van der Waals surface area contributed by atoms with Crippen LogP contribution in [0.5, 0.6) is 5.75 Å². The molecule has 0 amide bonds. The minimum absolute atomic E-state index is 0. The molecule has 2 aliphatic rings. The third-order valence-electron chi connectivity index (χ3n) is 10.6. The number of phenols is 1. The van der Waals surface area contributed by atoms with E-state index in [0.717, 1.165) is 12.8 Å². The van der Waals surface area contributed by atoms with Gasteiger partial charge in [0.15, 0.2) is 0 Å². The van der Waals surface area contributed by atoms with Crippen molar-refractivity contribution in [3.8, 4) is 5.75 Å². The Bertz CT molecular complexity index is 1110. The first-order valence-electron chi connectivity index (χ1n) is 16.0. The number of carboxylic acid groups (broad SMARTS) is 1. The number of Topliss-reactive ketones (excluding diaryl/α,β-unsaturated/α-hetero) is 1. The van der Waals surface area contributed by atoms with Gasteiger partial charge in [0, 0.05) is 17.4 Å². The largest absolute Gasteiger partial charge is 1.00 e. The van der Waals surface area contributed by atoms with Crippen LogP contribution in [0, 0.1) is 30.6 Å². The average molecular weight is 613 g/mol. The molecule has 0 radical (unpaired) electrons. The molecule has 1 aromatic carbocycles. The molecule has 0 spiro atoms. The molecule has 2 saturated heterocycles. The van der Waals surface area contributed by atoms with Crippen molar-refractivity contribution in [3.63, 3.8) is 0 Å². The first kappa shape index (κ1) is 38.2. The first-order chi connectivity index (χ1) is 19.7. The molecule has 10 atom stereocenters. The quantitative estimate of drug-likeness (QED) is 0.285. The second-order valence-corrected chi connectivity index (χ2v) is 13.2. The van der Waals surface area contributed by atoms with E-state index in [2.05, 4.69) is 13.8 Å². The molecule has 0 aromatic heterocycles. The topological polar surface area (TPSA) is 136 Å². The summed E-state index contributed by atoms with van der Waals surface area (Å²) in [4.78, 5) is 25.5. The number of benzene rings is 1. The van der Waals surface area contributed by atoms with E-state index in [1.807, 2.05) is 27.7 Å². The SMILES string of the molecule is CC[C@H](C(=O)[C@H](C)[C@H](O)[C@H](C)CCc1ccc(C)c(O)c1C(=O)[O-])[C@H]1O[C@](CC)([C@@H]2CC[C@@](O)(CC)[C@H](C)O2)C[C@H]1C.[Na+]. The molecule has 238 valence electrons. The monoisotopic (exact) mass is 612 g/mol. The Balaban J connectivity index is 0.00000645. The number of carboxylic acids is 1. The molecule has 0 aliphatic carbocycles. The molecule has 1 aromatic rings. The summed E-state index contributed by atoms with van der Waals surface area (Å²) in [7, 11) is 0. The van der Waals surface area contributed by atoms with Crippen molar-refractivity contribution in [1.82, 2.24) is 0 Å². The van der Waals surface area contributed by atoms with E-state index < -0.39 is 29.2 Å². The number of rotatable bonds is 13. The van der Waals surface area contributed by atoms with E-state index in [9.17, 15) is 30.0 Å². The third kappa shape index (κ3) is 7.87. The van der Waals surface area contributed by atoms with Gasteiger partial charge in [-0.25, -0.2) is 0 Å². The molecular formula is C34H53NaO8. The Morgan fingerprint density at radius 1 is 1.14 bits per heavy atom. The minimum Gasteiger partial charge on any atom is -0.545 e. The predicted molar refractivity (Wildman–Crippen MR) is 159 cm³/mol. The molecule has 2 fully saturated rings. The van der Waals surface area contributed by atoms with Gasteiger partial charge in [-0.1, -0.05) is 53.7 Å². The second-order valence-electron chi connectivity index (χ2n) is 13.2. The van der Waals surface area contributed by atoms with Crippen molar-refractivity contribution in [2.24, 2.45) is 23.7 Å². The smallest absolute Gasteiger partial charge is 0.545 e. The fraction of sp³-hybridized carbons (Fsp3) is 0.765. The number of carbonyl (C=O) groups excluding carboxylic acids is 2. The number of aromatic hydroxyl groups is 1. The van der Waals surface area contributed by atoms with Crippen molar-refractivity contribution < 1.29 is 69.0 Å². The summed E-state index contributed by atoms with van der Waals surface area (Å²) in [6.07, 6.45) is 3.21. The fourth-order valence-corrected chi connectivity index (χ4v) is 7.44. The van der Waals surface area contributed by atoms with Gasteiger partial charge in [-0.2, -0.15) is 0 Å². The predicted octanol–water partition coefficient (Wildman–Crippen LogP) is 1.51. The van der Waals surface area contributed by atoms with Gasteiger partial charge in [0.05, 0.1) is 41.6 Å².